The van der Waals surface area contributed by atoms with E-state index in [1.165, 1.54) is 15.8 Å². The summed E-state index contributed by atoms with van der Waals surface area (Å²) in [7, 11) is 0. The first-order valence-corrected chi connectivity index (χ1v) is 6.48. The molecule has 6 nitrogen and oxygen atoms in total. The van der Waals surface area contributed by atoms with Crippen LogP contribution in [-0.2, 0) is 23.2 Å². The summed E-state index contributed by atoms with van der Waals surface area (Å²) >= 11 is 0. The molecule has 0 unspecified atom stereocenters. The number of aromatic nitrogens is 4. The average molecular weight is 274 g/mol. The summed E-state index contributed by atoms with van der Waals surface area (Å²) in [6.45, 7) is 5.23. The molecule has 0 atom stereocenters. The average Bonchev–Trinajstić information content (AvgIpc) is 2.86. The number of carboxylic acid groups (broad SMARTS) is 1. The van der Waals surface area contributed by atoms with Crippen LogP contribution >= 0.6 is 0 Å². The van der Waals surface area contributed by atoms with Gasteiger partial charge in [0.15, 0.2) is 11.4 Å². The molecule has 1 N–H and O–H groups in total. The van der Waals surface area contributed by atoms with E-state index in [0.717, 1.165) is 6.42 Å². The number of hydrogen-bond acceptors (Lipinski definition) is 4. The summed E-state index contributed by atoms with van der Waals surface area (Å²) in [6, 6.07) is 8.11. The molecular weight excluding hydrogens is 256 g/mol. The number of rotatable bonds is 5. The molecule has 0 saturated heterocycles. The highest BCUT2D eigenvalue weighted by Gasteiger charge is 2.33. The van der Waals surface area contributed by atoms with Crippen molar-refractivity contribution in [1.82, 2.24) is 20.2 Å². The number of carbonyl (C=O) groups is 1. The maximum Gasteiger partial charge on any atom is 0.331 e. The lowest BCUT2D eigenvalue weighted by Crippen LogP contribution is -2.38. The van der Waals surface area contributed by atoms with Crippen LogP contribution in [0.2, 0.25) is 0 Å². The van der Waals surface area contributed by atoms with E-state index in [0.29, 0.717) is 12.2 Å². The van der Waals surface area contributed by atoms with Crippen molar-refractivity contribution in [1.29, 1.82) is 0 Å². The first-order valence-electron chi connectivity index (χ1n) is 6.48. The smallest absolute Gasteiger partial charge is 0.331 e. The van der Waals surface area contributed by atoms with Crippen molar-refractivity contribution in [2.24, 2.45) is 0 Å². The normalized spacial score (nSPS) is 11.6. The van der Waals surface area contributed by atoms with Crippen LogP contribution in [0.15, 0.2) is 24.3 Å². The Morgan fingerprint density at radius 1 is 1.30 bits per heavy atom. The molecule has 0 radical (unpaired) electrons. The molecule has 0 amide bonds. The minimum absolute atomic E-state index is 0.584. The minimum atomic E-state index is -1.15. The van der Waals surface area contributed by atoms with Crippen molar-refractivity contribution < 1.29 is 9.90 Å². The fourth-order valence-electron chi connectivity index (χ4n) is 2.02. The Morgan fingerprint density at radius 3 is 2.65 bits per heavy atom. The Kier molecular flexibility index (Phi) is 3.83. The summed E-state index contributed by atoms with van der Waals surface area (Å²) in [5, 5.41) is 20.6. The zero-order valence-electron chi connectivity index (χ0n) is 11.9. The maximum absolute atomic E-state index is 11.3. The molecule has 0 fully saturated rings. The molecule has 0 aliphatic heterocycles. The van der Waals surface area contributed by atoms with E-state index in [-0.39, 0.29) is 0 Å². The number of nitrogens with zero attached hydrogens (tertiary/aromatic N) is 4. The van der Waals surface area contributed by atoms with Crippen molar-refractivity contribution in [2.45, 2.75) is 39.2 Å². The Hall–Kier alpha value is -2.24. The van der Waals surface area contributed by atoms with Gasteiger partial charge in [-0.25, -0.2) is 9.48 Å². The van der Waals surface area contributed by atoms with Crippen LogP contribution in [0, 0.1) is 6.92 Å². The molecule has 20 heavy (non-hydrogen) atoms. The van der Waals surface area contributed by atoms with Crippen molar-refractivity contribution in [3.8, 4) is 0 Å². The van der Waals surface area contributed by atoms with Gasteiger partial charge in [-0.3, -0.25) is 0 Å². The van der Waals surface area contributed by atoms with E-state index in [1.54, 1.807) is 13.8 Å². The Morgan fingerprint density at radius 2 is 2.00 bits per heavy atom. The van der Waals surface area contributed by atoms with Crippen molar-refractivity contribution >= 4 is 5.97 Å². The number of aliphatic carboxylic acids is 1. The largest absolute Gasteiger partial charge is 0.479 e. The van der Waals surface area contributed by atoms with Crippen molar-refractivity contribution in [2.75, 3.05) is 0 Å². The van der Waals surface area contributed by atoms with E-state index in [2.05, 4.69) is 34.6 Å². The fourth-order valence-corrected chi connectivity index (χ4v) is 2.02. The van der Waals surface area contributed by atoms with Crippen LogP contribution < -0.4 is 0 Å². The highest BCUT2D eigenvalue weighted by molar-refractivity contribution is 5.75. The fraction of sp³-hybridized carbons (Fsp3) is 0.429. The number of aryl methyl sites for hydroxylation is 3. The second-order valence-electron chi connectivity index (χ2n) is 5.30. The van der Waals surface area contributed by atoms with E-state index < -0.39 is 11.5 Å². The van der Waals surface area contributed by atoms with Gasteiger partial charge in [0.25, 0.3) is 0 Å². The molecule has 1 aromatic heterocycles. The molecule has 106 valence electrons. The van der Waals surface area contributed by atoms with Gasteiger partial charge in [-0.1, -0.05) is 24.3 Å². The molecule has 1 aromatic carbocycles. The highest BCUT2D eigenvalue weighted by atomic mass is 16.4. The molecule has 2 aromatic rings. The zero-order valence-corrected chi connectivity index (χ0v) is 11.9. The minimum Gasteiger partial charge on any atom is -0.479 e. The first-order chi connectivity index (χ1) is 9.43. The van der Waals surface area contributed by atoms with E-state index in [4.69, 9.17) is 0 Å². The molecular formula is C14H18N4O2. The van der Waals surface area contributed by atoms with Gasteiger partial charge in [0.2, 0.25) is 0 Å². The van der Waals surface area contributed by atoms with Gasteiger partial charge < -0.3 is 5.11 Å². The van der Waals surface area contributed by atoms with E-state index in [1.807, 2.05) is 12.1 Å². The second-order valence-corrected chi connectivity index (χ2v) is 5.30. The predicted molar refractivity (Wildman–Crippen MR) is 73.4 cm³/mol. The van der Waals surface area contributed by atoms with Crippen LogP contribution in [0.4, 0.5) is 0 Å². The molecule has 0 saturated carbocycles. The molecule has 0 aliphatic carbocycles. The molecule has 0 bridgehead atoms. The highest BCUT2D eigenvalue weighted by Crippen LogP contribution is 2.17. The number of hydrogen-bond donors (Lipinski definition) is 1. The van der Waals surface area contributed by atoms with Crippen LogP contribution in [0.25, 0.3) is 0 Å². The zero-order chi connectivity index (χ0) is 14.8. The standard InChI is InChI=1S/C14H18N4O2/c1-10-6-4-5-7-11(10)8-9-12-15-16-17-18(12)14(2,3)13(19)20/h4-7H,8-9H2,1-3H3,(H,19,20). The van der Waals surface area contributed by atoms with Crippen molar-refractivity contribution in [3.63, 3.8) is 0 Å². The second kappa shape index (κ2) is 5.40. The van der Waals surface area contributed by atoms with Crippen LogP contribution in [0.1, 0.15) is 30.8 Å². The Labute approximate surface area is 117 Å². The summed E-state index contributed by atoms with van der Waals surface area (Å²) in [5.41, 5.74) is 1.28. The van der Waals surface area contributed by atoms with Crippen LogP contribution in [0.5, 0.6) is 0 Å². The third-order valence-electron chi connectivity index (χ3n) is 3.47. The predicted octanol–water partition coefficient (Wildman–Crippen LogP) is 1.59. The summed E-state index contributed by atoms with van der Waals surface area (Å²) < 4.78 is 1.38. The van der Waals surface area contributed by atoms with Gasteiger partial charge in [0, 0.05) is 6.42 Å². The molecule has 0 spiro atoms. The number of benzene rings is 1. The van der Waals surface area contributed by atoms with Crippen LogP contribution in [-0.4, -0.2) is 31.3 Å². The van der Waals surface area contributed by atoms with Crippen LogP contribution in [0.3, 0.4) is 0 Å². The lowest BCUT2D eigenvalue weighted by atomic mass is 10.0. The number of tetrazole rings is 1. The summed E-state index contributed by atoms with van der Waals surface area (Å²) in [4.78, 5) is 11.3. The Balaban J connectivity index is 2.18. The van der Waals surface area contributed by atoms with E-state index >= 15 is 0 Å². The summed E-state index contributed by atoms with van der Waals surface area (Å²) in [5.74, 6) is -0.373. The lowest BCUT2D eigenvalue weighted by molar-refractivity contribution is -0.146. The van der Waals surface area contributed by atoms with E-state index in [9.17, 15) is 9.90 Å². The number of carboxylic acids is 1. The topological polar surface area (TPSA) is 80.9 Å². The SMILES string of the molecule is Cc1ccccc1CCc1nnnn1C(C)(C)C(=O)O. The van der Waals surface area contributed by atoms with Gasteiger partial charge in [-0.15, -0.1) is 5.10 Å². The summed E-state index contributed by atoms with van der Waals surface area (Å²) in [6.07, 6.45) is 1.39. The third kappa shape index (κ3) is 2.68. The third-order valence-corrected chi connectivity index (χ3v) is 3.47. The first kappa shape index (κ1) is 14.2. The van der Waals surface area contributed by atoms with Gasteiger partial charge in [0.1, 0.15) is 0 Å². The lowest BCUT2D eigenvalue weighted by Gasteiger charge is -2.20. The molecule has 1 heterocycles. The van der Waals surface area contributed by atoms with Gasteiger partial charge in [-0.05, 0) is 48.7 Å². The van der Waals surface area contributed by atoms with Gasteiger partial charge in [-0.2, -0.15) is 0 Å². The molecule has 2 rings (SSSR count). The van der Waals surface area contributed by atoms with Gasteiger partial charge in [0.05, 0.1) is 0 Å². The molecule has 6 heteroatoms. The van der Waals surface area contributed by atoms with Crippen molar-refractivity contribution in [3.05, 3.63) is 41.2 Å². The maximum atomic E-state index is 11.3. The molecule has 0 aliphatic rings. The Bertz CT molecular complexity index is 619. The monoisotopic (exact) mass is 274 g/mol. The quantitative estimate of drug-likeness (QED) is 0.895. The van der Waals surface area contributed by atoms with Gasteiger partial charge >= 0.3 is 5.97 Å².